The first-order valence-electron chi connectivity index (χ1n) is 8.21. The van der Waals surface area contributed by atoms with Gasteiger partial charge in [-0.05, 0) is 36.2 Å². The zero-order chi connectivity index (χ0) is 18.5. The highest BCUT2D eigenvalue weighted by Gasteiger charge is 2.07. The summed E-state index contributed by atoms with van der Waals surface area (Å²) in [6, 6.07) is 12.4. The Balaban J connectivity index is 1.52. The highest BCUT2D eigenvalue weighted by atomic mass is 35.5. The second-order valence-corrected chi connectivity index (χ2v) is 6.71. The van der Waals surface area contributed by atoms with Crippen molar-refractivity contribution in [1.29, 1.82) is 0 Å². The van der Waals surface area contributed by atoms with Crippen molar-refractivity contribution in [3.8, 4) is 0 Å². The Kier molecular flexibility index (Phi) is 5.91. The number of aromatic nitrogens is 2. The van der Waals surface area contributed by atoms with Crippen LogP contribution < -0.4 is 10.9 Å². The third kappa shape index (κ3) is 4.62. The van der Waals surface area contributed by atoms with Crippen LogP contribution in [0.5, 0.6) is 0 Å². The lowest BCUT2D eigenvalue weighted by molar-refractivity contribution is -0.121. The highest BCUT2D eigenvalue weighted by Crippen LogP contribution is 2.21. The average Bonchev–Trinajstić information content (AvgIpc) is 2.62. The van der Waals surface area contributed by atoms with Crippen molar-refractivity contribution in [3.05, 3.63) is 74.3 Å². The molecule has 0 aliphatic heterocycles. The molecule has 0 unspecified atom stereocenters. The van der Waals surface area contributed by atoms with E-state index in [0.717, 1.165) is 5.56 Å². The van der Waals surface area contributed by atoms with E-state index in [0.29, 0.717) is 46.2 Å². The van der Waals surface area contributed by atoms with Crippen LogP contribution in [0.1, 0.15) is 17.8 Å². The first-order valence-corrected chi connectivity index (χ1v) is 8.97. The first-order chi connectivity index (χ1) is 12.5. The van der Waals surface area contributed by atoms with Gasteiger partial charge in [-0.3, -0.25) is 9.59 Å². The molecule has 0 aliphatic rings. The number of nitrogens with zero attached hydrogens (tertiary/aromatic N) is 1. The molecule has 0 aliphatic carbocycles. The molecular formula is C19H17Cl2N3O2. The molecule has 5 nitrogen and oxygen atoms in total. The number of nitrogens with one attached hydrogen (secondary N) is 2. The molecule has 2 N–H and O–H groups in total. The van der Waals surface area contributed by atoms with E-state index in [1.54, 1.807) is 30.3 Å². The van der Waals surface area contributed by atoms with Crippen LogP contribution in [0.3, 0.4) is 0 Å². The van der Waals surface area contributed by atoms with Gasteiger partial charge in [0.15, 0.2) is 0 Å². The van der Waals surface area contributed by atoms with Crippen LogP contribution >= 0.6 is 23.2 Å². The summed E-state index contributed by atoms with van der Waals surface area (Å²) in [5.74, 6) is 0.399. The fraction of sp³-hybridized carbons (Fsp3) is 0.211. The number of hydrogen-bond acceptors (Lipinski definition) is 3. The van der Waals surface area contributed by atoms with Gasteiger partial charge in [0, 0.05) is 29.4 Å². The van der Waals surface area contributed by atoms with Crippen molar-refractivity contribution < 1.29 is 4.79 Å². The van der Waals surface area contributed by atoms with Gasteiger partial charge in [0.25, 0.3) is 5.56 Å². The molecule has 3 rings (SSSR count). The summed E-state index contributed by atoms with van der Waals surface area (Å²) in [7, 11) is 0. The third-order valence-electron chi connectivity index (χ3n) is 3.98. The van der Waals surface area contributed by atoms with Crippen LogP contribution in [0.2, 0.25) is 10.0 Å². The predicted molar refractivity (Wildman–Crippen MR) is 104 cm³/mol. The number of hydrogen-bond donors (Lipinski definition) is 2. The van der Waals surface area contributed by atoms with Gasteiger partial charge in [-0.15, -0.1) is 0 Å². The molecule has 0 bridgehead atoms. The number of amides is 1. The minimum Gasteiger partial charge on any atom is -0.356 e. The molecule has 1 aromatic heterocycles. The lowest BCUT2D eigenvalue weighted by Gasteiger charge is -2.07. The van der Waals surface area contributed by atoms with Gasteiger partial charge in [0.1, 0.15) is 5.82 Å². The summed E-state index contributed by atoms with van der Waals surface area (Å²) in [5, 5.41) is 4.56. The Bertz CT molecular complexity index is 1000. The number of carbonyl (C=O) groups is 1. The second-order valence-electron chi connectivity index (χ2n) is 5.87. The number of carbonyl (C=O) groups excluding carboxylic acids is 1. The van der Waals surface area contributed by atoms with Crippen LogP contribution in [0.25, 0.3) is 10.9 Å². The van der Waals surface area contributed by atoms with Crippen LogP contribution in [-0.4, -0.2) is 22.4 Å². The van der Waals surface area contributed by atoms with Gasteiger partial charge in [-0.2, -0.15) is 0 Å². The number of fused-ring (bicyclic) bond motifs is 1. The van der Waals surface area contributed by atoms with Crippen molar-refractivity contribution in [3.63, 3.8) is 0 Å². The molecule has 0 saturated heterocycles. The molecule has 1 amide bonds. The van der Waals surface area contributed by atoms with Crippen LogP contribution in [0.4, 0.5) is 0 Å². The fourth-order valence-corrected chi connectivity index (χ4v) is 3.14. The van der Waals surface area contributed by atoms with E-state index in [9.17, 15) is 9.59 Å². The number of rotatable bonds is 6. The van der Waals surface area contributed by atoms with Crippen molar-refractivity contribution in [1.82, 2.24) is 15.3 Å². The molecule has 26 heavy (non-hydrogen) atoms. The van der Waals surface area contributed by atoms with Gasteiger partial charge < -0.3 is 10.3 Å². The van der Waals surface area contributed by atoms with Gasteiger partial charge in [0.2, 0.25) is 5.91 Å². The zero-order valence-corrected chi connectivity index (χ0v) is 15.4. The molecule has 0 saturated carbocycles. The van der Waals surface area contributed by atoms with Crippen molar-refractivity contribution in [2.75, 3.05) is 6.54 Å². The number of halogens is 2. The SMILES string of the molecule is O=C(CCc1nc2ccccc2c(=O)[nH]1)NCCc1ccc(Cl)cc1Cl. The van der Waals surface area contributed by atoms with Crippen molar-refractivity contribution in [2.24, 2.45) is 0 Å². The van der Waals surface area contributed by atoms with Gasteiger partial charge in [-0.1, -0.05) is 41.4 Å². The molecule has 1 heterocycles. The lowest BCUT2D eigenvalue weighted by Crippen LogP contribution is -2.26. The Labute approximate surface area is 160 Å². The van der Waals surface area contributed by atoms with E-state index in [1.807, 2.05) is 12.1 Å². The number of H-pyrrole nitrogens is 1. The molecule has 0 atom stereocenters. The maximum atomic E-state index is 12.0. The predicted octanol–water partition coefficient (Wildman–Crippen LogP) is 3.52. The molecular weight excluding hydrogens is 373 g/mol. The summed E-state index contributed by atoms with van der Waals surface area (Å²) >= 11 is 12.0. The molecule has 134 valence electrons. The molecule has 0 spiro atoms. The van der Waals surface area contributed by atoms with Crippen molar-refractivity contribution >= 4 is 40.0 Å². The largest absolute Gasteiger partial charge is 0.356 e. The van der Waals surface area contributed by atoms with Crippen LogP contribution in [0.15, 0.2) is 47.3 Å². The summed E-state index contributed by atoms with van der Waals surface area (Å²) in [4.78, 5) is 31.1. The van der Waals surface area contributed by atoms with Gasteiger partial charge >= 0.3 is 0 Å². The van der Waals surface area contributed by atoms with Crippen LogP contribution in [-0.2, 0) is 17.6 Å². The minimum absolute atomic E-state index is 0.106. The molecule has 0 fully saturated rings. The standard InChI is InChI=1S/C19H17Cl2N3O2/c20-13-6-5-12(15(21)11-13)9-10-22-18(25)8-7-17-23-16-4-2-1-3-14(16)19(26)24-17/h1-6,11H,7-10H2,(H,22,25)(H,23,24,26). The van der Waals surface area contributed by atoms with E-state index in [-0.39, 0.29) is 17.9 Å². The average molecular weight is 390 g/mol. The summed E-state index contributed by atoms with van der Waals surface area (Å²) < 4.78 is 0. The van der Waals surface area contributed by atoms with E-state index in [2.05, 4.69) is 15.3 Å². The van der Waals surface area contributed by atoms with Crippen molar-refractivity contribution in [2.45, 2.75) is 19.3 Å². The monoisotopic (exact) mass is 389 g/mol. The van der Waals surface area contributed by atoms with E-state index >= 15 is 0 Å². The molecule has 0 radical (unpaired) electrons. The van der Waals surface area contributed by atoms with E-state index in [4.69, 9.17) is 23.2 Å². The number of aromatic amines is 1. The topological polar surface area (TPSA) is 74.8 Å². The first kappa shape index (κ1) is 18.4. The van der Waals surface area contributed by atoms with Crippen LogP contribution in [0, 0.1) is 0 Å². The van der Waals surface area contributed by atoms with E-state index < -0.39 is 0 Å². The zero-order valence-electron chi connectivity index (χ0n) is 13.9. The molecule has 3 aromatic rings. The number of para-hydroxylation sites is 1. The molecule has 2 aromatic carbocycles. The Hall–Kier alpha value is -2.37. The Morgan fingerprint density at radius 3 is 2.73 bits per heavy atom. The fourth-order valence-electron chi connectivity index (χ4n) is 2.63. The number of aryl methyl sites for hydroxylation is 1. The van der Waals surface area contributed by atoms with E-state index in [1.165, 1.54) is 0 Å². The summed E-state index contributed by atoms with van der Waals surface area (Å²) in [5.41, 5.74) is 1.37. The quantitative estimate of drug-likeness (QED) is 0.676. The third-order valence-corrected chi connectivity index (χ3v) is 4.57. The summed E-state index contributed by atoms with van der Waals surface area (Å²) in [6.07, 6.45) is 1.23. The number of benzene rings is 2. The maximum Gasteiger partial charge on any atom is 0.258 e. The van der Waals surface area contributed by atoms with Gasteiger partial charge in [-0.25, -0.2) is 4.98 Å². The smallest absolute Gasteiger partial charge is 0.258 e. The van der Waals surface area contributed by atoms with Gasteiger partial charge in [0.05, 0.1) is 10.9 Å². The highest BCUT2D eigenvalue weighted by molar-refractivity contribution is 6.35. The normalized spacial score (nSPS) is 10.8. The minimum atomic E-state index is -0.191. The Morgan fingerprint density at radius 1 is 1.12 bits per heavy atom. The lowest BCUT2D eigenvalue weighted by atomic mass is 10.1. The maximum absolute atomic E-state index is 12.0. The molecule has 7 heteroatoms. The summed E-state index contributed by atoms with van der Waals surface area (Å²) in [6.45, 7) is 0.474. The Morgan fingerprint density at radius 2 is 1.92 bits per heavy atom. The second kappa shape index (κ2) is 8.34.